The second-order valence-electron chi connectivity index (χ2n) is 5.55. The highest BCUT2D eigenvalue weighted by Crippen LogP contribution is 2.37. The van der Waals surface area contributed by atoms with E-state index in [1.54, 1.807) is 0 Å². The summed E-state index contributed by atoms with van der Waals surface area (Å²) in [6.45, 7) is 7.77. The van der Waals surface area contributed by atoms with Crippen molar-refractivity contribution in [3.05, 3.63) is 0 Å². The SMILES string of the molecule is CCC(C)N(C)CCNC(=O)C(C)(N)C1CC1. The van der Waals surface area contributed by atoms with Crippen molar-refractivity contribution in [2.45, 2.75) is 51.6 Å². The van der Waals surface area contributed by atoms with Gasteiger partial charge in [-0.1, -0.05) is 6.92 Å². The van der Waals surface area contributed by atoms with E-state index in [0.717, 1.165) is 25.8 Å². The summed E-state index contributed by atoms with van der Waals surface area (Å²) >= 11 is 0. The molecule has 4 nitrogen and oxygen atoms in total. The summed E-state index contributed by atoms with van der Waals surface area (Å²) in [5.41, 5.74) is 5.37. The molecule has 1 fully saturated rings. The lowest BCUT2D eigenvalue weighted by Crippen LogP contribution is -2.54. The Morgan fingerprint density at radius 2 is 2.18 bits per heavy atom. The first kappa shape index (κ1) is 14.5. The van der Waals surface area contributed by atoms with Gasteiger partial charge in [-0.05, 0) is 46.1 Å². The molecule has 0 aliphatic heterocycles. The van der Waals surface area contributed by atoms with Gasteiger partial charge in [0.05, 0.1) is 5.54 Å². The molecule has 0 aromatic carbocycles. The Morgan fingerprint density at radius 1 is 1.59 bits per heavy atom. The van der Waals surface area contributed by atoms with Crippen molar-refractivity contribution in [3.8, 4) is 0 Å². The second kappa shape index (κ2) is 5.83. The summed E-state index contributed by atoms with van der Waals surface area (Å²) in [4.78, 5) is 14.2. The van der Waals surface area contributed by atoms with E-state index in [0.29, 0.717) is 18.5 Å². The van der Waals surface area contributed by atoms with E-state index in [1.807, 2.05) is 6.92 Å². The quantitative estimate of drug-likeness (QED) is 0.698. The molecule has 1 aliphatic rings. The number of amides is 1. The first-order valence-corrected chi connectivity index (χ1v) is 6.67. The van der Waals surface area contributed by atoms with Crippen molar-refractivity contribution in [3.63, 3.8) is 0 Å². The molecule has 0 heterocycles. The molecule has 0 bridgehead atoms. The van der Waals surface area contributed by atoms with Crippen molar-refractivity contribution in [1.82, 2.24) is 10.2 Å². The van der Waals surface area contributed by atoms with Gasteiger partial charge in [0.2, 0.25) is 5.91 Å². The minimum Gasteiger partial charge on any atom is -0.353 e. The van der Waals surface area contributed by atoms with Crippen LogP contribution in [0, 0.1) is 5.92 Å². The predicted molar refractivity (Wildman–Crippen MR) is 70.7 cm³/mol. The van der Waals surface area contributed by atoms with Crippen LogP contribution >= 0.6 is 0 Å². The third-order valence-electron chi connectivity index (χ3n) is 4.01. The van der Waals surface area contributed by atoms with Crippen LogP contribution in [0.3, 0.4) is 0 Å². The second-order valence-corrected chi connectivity index (χ2v) is 5.55. The summed E-state index contributed by atoms with van der Waals surface area (Å²) in [7, 11) is 2.09. The molecule has 1 rings (SSSR count). The molecule has 1 amide bonds. The Bertz CT molecular complexity index is 261. The van der Waals surface area contributed by atoms with Gasteiger partial charge in [0.15, 0.2) is 0 Å². The fraction of sp³-hybridized carbons (Fsp3) is 0.923. The van der Waals surface area contributed by atoms with E-state index >= 15 is 0 Å². The van der Waals surface area contributed by atoms with Crippen LogP contribution in [0.15, 0.2) is 0 Å². The van der Waals surface area contributed by atoms with Crippen LogP contribution in [0.2, 0.25) is 0 Å². The third kappa shape index (κ3) is 3.96. The van der Waals surface area contributed by atoms with Crippen molar-refractivity contribution in [2.75, 3.05) is 20.1 Å². The van der Waals surface area contributed by atoms with Crippen molar-refractivity contribution >= 4 is 5.91 Å². The molecule has 0 saturated heterocycles. The number of nitrogens with one attached hydrogen (secondary N) is 1. The molecule has 1 aliphatic carbocycles. The highest BCUT2D eigenvalue weighted by Gasteiger charge is 2.43. The molecule has 17 heavy (non-hydrogen) atoms. The zero-order valence-corrected chi connectivity index (χ0v) is 11.6. The summed E-state index contributed by atoms with van der Waals surface area (Å²) in [6.07, 6.45) is 3.31. The fourth-order valence-corrected chi connectivity index (χ4v) is 1.94. The highest BCUT2D eigenvalue weighted by molar-refractivity contribution is 5.86. The van der Waals surface area contributed by atoms with Gasteiger partial charge in [0, 0.05) is 19.1 Å². The molecule has 2 atom stereocenters. The molecule has 0 aromatic heterocycles. The van der Waals surface area contributed by atoms with Gasteiger partial charge < -0.3 is 16.0 Å². The van der Waals surface area contributed by atoms with E-state index < -0.39 is 5.54 Å². The maximum absolute atomic E-state index is 11.9. The Hall–Kier alpha value is -0.610. The van der Waals surface area contributed by atoms with Gasteiger partial charge in [-0.3, -0.25) is 4.79 Å². The lowest BCUT2D eigenvalue weighted by Gasteiger charge is -2.26. The zero-order valence-electron chi connectivity index (χ0n) is 11.6. The van der Waals surface area contributed by atoms with Crippen LogP contribution < -0.4 is 11.1 Å². The normalized spacial score (nSPS) is 21.1. The first-order valence-electron chi connectivity index (χ1n) is 6.67. The Labute approximate surface area is 105 Å². The van der Waals surface area contributed by atoms with Crippen LogP contribution in [0.25, 0.3) is 0 Å². The Morgan fingerprint density at radius 3 is 2.65 bits per heavy atom. The van der Waals surface area contributed by atoms with E-state index in [9.17, 15) is 4.79 Å². The Kier molecular flexibility index (Phi) is 4.95. The highest BCUT2D eigenvalue weighted by atomic mass is 16.2. The minimum absolute atomic E-state index is 0.00227. The number of nitrogens with two attached hydrogens (primary N) is 1. The number of likely N-dealkylation sites (N-methyl/N-ethyl adjacent to an activating group) is 1. The molecule has 4 heteroatoms. The average molecular weight is 241 g/mol. The predicted octanol–water partition coefficient (Wildman–Crippen LogP) is 0.960. The number of hydrogen-bond acceptors (Lipinski definition) is 3. The molecular weight excluding hydrogens is 214 g/mol. The monoisotopic (exact) mass is 241 g/mol. The first-order chi connectivity index (χ1) is 7.89. The summed E-state index contributed by atoms with van der Waals surface area (Å²) < 4.78 is 0. The van der Waals surface area contributed by atoms with Gasteiger partial charge in [0.25, 0.3) is 0 Å². The number of rotatable bonds is 7. The maximum atomic E-state index is 11.9. The molecule has 1 saturated carbocycles. The van der Waals surface area contributed by atoms with Gasteiger partial charge in [0.1, 0.15) is 0 Å². The molecule has 0 spiro atoms. The van der Waals surface area contributed by atoms with Crippen molar-refractivity contribution in [2.24, 2.45) is 11.7 Å². The van der Waals surface area contributed by atoms with Gasteiger partial charge in [-0.2, -0.15) is 0 Å². The average Bonchev–Trinajstić information content (AvgIpc) is 3.11. The van der Waals surface area contributed by atoms with Crippen molar-refractivity contribution in [1.29, 1.82) is 0 Å². The van der Waals surface area contributed by atoms with Gasteiger partial charge in [-0.15, -0.1) is 0 Å². The summed E-state index contributed by atoms with van der Waals surface area (Å²) in [5.74, 6) is 0.382. The molecular formula is C13H27N3O. The van der Waals surface area contributed by atoms with E-state index in [4.69, 9.17) is 5.73 Å². The third-order valence-corrected chi connectivity index (χ3v) is 4.01. The molecule has 3 N–H and O–H groups in total. The van der Waals surface area contributed by atoms with Crippen LogP contribution in [0.4, 0.5) is 0 Å². The largest absolute Gasteiger partial charge is 0.353 e. The minimum atomic E-state index is -0.672. The lowest BCUT2D eigenvalue weighted by molar-refractivity contribution is -0.126. The van der Waals surface area contributed by atoms with Crippen LogP contribution in [-0.2, 0) is 4.79 Å². The fourth-order valence-electron chi connectivity index (χ4n) is 1.94. The number of carbonyl (C=O) groups excluding carboxylic acids is 1. The number of hydrogen-bond donors (Lipinski definition) is 2. The molecule has 0 aromatic rings. The van der Waals surface area contributed by atoms with Crippen LogP contribution in [-0.4, -0.2) is 42.5 Å². The van der Waals surface area contributed by atoms with Crippen LogP contribution in [0.1, 0.15) is 40.0 Å². The molecule has 0 radical (unpaired) electrons. The smallest absolute Gasteiger partial charge is 0.240 e. The van der Waals surface area contributed by atoms with E-state index in [2.05, 4.69) is 31.1 Å². The topological polar surface area (TPSA) is 58.4 Å². The summed E-state index contributed by atoms with van der Waals surface area (Å²) in [6, 6.07) is 0.555. The molecule has 2 unspecified atom stereocenters. The zero-order chi connectivity index (χ0) is 13.1. The van der Waals surface area contributed by atoms with Crippen molar-refractivity contribution < 1.29 is 4.79 Å². The number of nitrogens with zero attached hydrogens (tertiary/aromatic N) is 1. The molecule has 100 valence electrons. The number of carbonyl (C=O) groups is 1. The maximum Gasteiger partial charge on any atom is 0.240 e. The van der Waals surface area contributed by atoms with Gasteiger partial charge in [-0.25, -0.2) is 0 Å². The van der Waals surface area contributed by atoms with E-state index in [1.165, 1.54) is 0 Å². The Balaban J connectivity index is 2.24. The van der Waals surface area contributed by atoms with Crippen LogP contribution in [0.5, 0.6) is 0 Å². The van der Waals surface area contributed by atoms with E-state index in [-0.39, 0.29) is 5.91 Å². The lowest BCUT2D eigenvalue weighted by atomic mass is 9.96. The summed E-state index contributed by atoms with van der Waals surface area (Å²) in [5, 5.41) is 2.95. The standard InChI is InChI=1S/C13H27N3O/c1-5-10(2)16(4)9-8-15-12(17)13(3,14)11-6-7-11/h10-11H,5-9,14H2,1-4H3,(H,15,17). The van der Waals surface area contributed by atoms with Gasteiger partial charge >= 0.3 is 0 Å².